The third-order valence-corrected chi connectivity index (χ3v) is 5.61. The smallest absolute Gasteiger partial charge is 0.323 e. The maximum atomic E-state index is 13.7. The molecule has 4 amide bonds. The van der Waals surface area contributed by atoms with Gasteiger partial charge in [-0.3, -0.25) is 14.5 Å². The molecule has 8 nitrogen and oxygen atoms in total. The predicted molar refractivity (Wildman–Crippen MR) is 120 cm³/mol. The Morgan fingerprint density at radius 1 is 1.00 bits per heavy atom. The minimum Gasteiger partial charge on any atom is -0.351 e. The molecule has 4 N–H and O–H groups in total. The van der Waals surface area contributed by atoms with Gasteiger partial charge in [0.2, 0.25) is 0 Å². The van der Waals surface area contributed by atoms with Gasteiger partial charge in [-0.2, -0.15) is 0 Å². The minimum atomic E-state index is -1.37. The normalized spacial score (nSPS) is 15.8. The molecule has 1 heterocycles. The molecular formula is C21H21Cl2F2N5O3. The van der Waals surface area contributed by atoms with E-state index in [1.165, 1.54) is 18.2 Å². The molecule has 2 aromatic rings. The fourth-order valence-electron chi connectivity index (χ4n) is 3.43. The van der Waals surface area contributed by atoms with Crippen LogP contribution in [-0.4, -0.2) is 60.0 Å². The molecule has 2 aromatic carbocycles. The number of rotatable bonds is 5. The second-order valence-corrected chi connectivity index (χ2v) is 8.03. The van der Waals surface area contributed by atoms with Gasteiger partial charge in [-0.1, -0.05) is 23.2 Å². The Labute approximate surface area is 198 Å². The molecule has 0 aliphatic carbocycles. The first-order valence-electron chi connectivity index (χ1n) is 9.98. The number of amides is 4. The van der Waals surface area contributed by atoms with Crippen molar-refractivity contribution in [2.45, 2.75) is 12.6 Å². The lowest BCUT2D eigenvalue weighted by atomic mass is 10.1. The highest BCUT2D eigenvalue weighted by Gasteiger charge is 2.40. The van der Waals surface area contributed by atoms with Crippen molar-refractivity contribution in [3.8, 4) is 0 Å². The second kappa shape index (κ2) is 10.8. The van der Waals surface area contributed by atoms with Crippen LogP contribution in [0.3, 0.4) is 0 Å². The van der Waals surface area contributed by atoms with Gasteiger partial charge in [-0.25, -0.2) is 13.6 Å². The van der Waals surface area contributed by atoms with E-state index in [1.54, 1.807) is 0 Å². The van der Waals surface area contributed by atoms with Crippen molar-refractivity contribution < 1.29 is 23.2 Å². The third-order valence-electron chi connectivity index (χ3n) is 4.87. The van der Waals surface area contributed by atoms with Gasteiger partial charge in [0.15, 0.2) is 6.17 Å². The summed E-state index contributed by atoms with van der Waals surface area (Å²) in [5.41, 5.74) is 5.50. The van der Waals surface area contributed by atoms with Gasteiger partial charge in [0.05, 0.1) is 10.0 Å². The molecule has 3 rings (SSSR count). The topological polar surface area (TPSA) is 108 Å². The molecule has 1 fully saturated rings. The Balaban J connectivity index is 1.91. The zero-order valence-electron chi connectivity index (χ0n) is 17.3. The summed E-state index contributed by atoms with van der Waals surface area (Å²) < 4.78 is 27.4. The third kappa shape index (κ3) is 5.89. The van der Waals surface area contributed by atoms with E-state index < -0.39 is 35.6 Å². The maximum absolute atomic E-state index is 13.7. The lowest BCUT2D eigenvalue weighted by Gasteiger charge is -2.42. The zero-order valence-corrected chi connectivity index (χ0v) is 18.8. The van der Waals surface area contributed by atoms with Crippen molar-refractivity contribution >= 4 is 46.7 Å². The van der Waals surface area contributed by atoms with Crippen LogP contribution >= 0.6 is 23.2 Å². The van der Waals surface area contributed by atoms with Crippen LogP contribution in [0.5, 0.6) is 0 Å². The molecule has 1 saturated heterocycles. The van der Waals surface area contributed by atoms with Gasteiger partial charge >= 0.3 is 6.03 Å². The summed E-state index contributed by atoms with van der Waals surface area (Å²) in [7, 11) is 0. The van der Waals surface area contributed by atoms with E-state index in [0.717, 1.165) is 21.9 Å². The molecule has 1 aliphatic heterocycles. The average Bonchev–Trinajstić information content (AvgIpc) is 2.78. The summed E-state index contributed by atoms with van der Waals surface area (Å²) in [6.45, 7) is 0.481. The van der Waals surface area contributed by atoms with Gasteiger partial charge < -0.3 is 21.3 Å². The van der Waals surface area contributed by atoms with E-state index >= 15 is 0 Å². The molecule has 0 radical (unpaired) electrons. The summed E-state index contributed by atoms with van der Waals surface area (Å²) in [6.07, 6.45) is -1.04. The monoisotopic (exact) mass is 499 g/mol. The van der Waals surface area contributed by atoms with Crippen LogP contribution in [0, 0.1) is 11.6 Å². The van der Waals surface area contributed by atoms with Crippen molar-refractivity contribution in [2.24, 2.45) is 5.73 Å². The number of halogens is 4. The van der Waals surface area contributed by atoms with Crippen LogP contribution in [-0.2, 0) is 4.79 Å². The van der Waals surface area contributed by atoms with Crippen molar-refractivity contribution in [3.05, 3.63) is 63.6 Å². The Morgan fingerprint density at radius 2 is 1.67 bits per heavy atom. The number of benzene rings is 2. The highest BCUT2D eigenvalue weighted by molar-refractivity contribution is 6.42. The number of anilines is 1. The van der Waals surface area contributed by atoms with Crippen molar-refractivity contribution in [3.63, 3.8) is 0 Å². The summed E-state index contributed by atoms with van der Waals surface area (Å²) in [4.78, 5) is 41.3. The molecule has 1 unspecified atom stereocenters. The molecule has 1 atom stereocenters. The van der Waals surface area contributed by atoms with Gasteiger partial charge in [-0.05, 0) is 36.8 Å². The molecule has 0 aromatic heterocycles. The fraction of sp³-hybridized carbons (Fsp3) is 0.286. The highest BCUT2D eigenvalue weighted by atomic mass is 35.5. The Hall–Kier alpha value is -2.95. The number of nitrogens with two attached hydrogens (primary N) is 1. The van der Waals surface area contributed by atoms with Crippen LogP contribution < -0.4 is 16.4 Å². The van der Waals surface area contributed by atoms with Crippen molar-refractivity contribution in [2.75, 3.05) is 31.5 Å². The van der Waals surface area contributed by atoms with Crippen LogP contribution in [0.15, 0.2) is 36.4 Å². The second-order valence-electron chi connectivity index (χ2n) is 7.22. The van der Waals surface area contributed by atoms with Crippen LogP contribution in [0.2, 0.25) is 10.0 Å². The van der Waals surface area contributed by atoms with Crippen LogP contribution in [0.4, 0.5) is 19.3 Å². The Kier molecular flexibility index (Phi) is 8.06. The van der Waals surface area contributed by atoms with E-state index in [-0.39, 0.29) is 36.8 Å². The minimum absolute atomic E-state index is 0.0915. The van der Waals surface area contributed by atoms with E-state index in [2.05, 4.69) is 10.6 Å². The molecule has 0 bridgehead atoms. The van der Waals surface area contributed by atoms with Gasteiger partial charge in [0.1, 0.15) is 11.6 Å². The van der Waals surface area contributed by atoms with E-state index in [4.69, 9.17) is 28.9 Å². The van der Waals surface area contributed by atoms with Gasteiger partial charge in [0.25, 0.3) is 11.8 Å². The number of hydrogen-bond acceptors (Lipinski definition) is 4. The molecule has 1 aliphatic rings. The zero-order chi connectivity index (χ0) is 24.1. The lowest BCUT2D eigenvalue weighted by molar-refractivity contribution is -0.132. The molecule has 0 spiro atoms. The number of carbonyl (C=O) groups excluding carboxylic acids is 3. The molecule has 0 saturated carbocycles. The first kappa shape index (κ1) is 24.7. The largest absolute Gasteiger partial charge is 0.351 e. The molecule has 176 valence electrons. The first-order chi connectivity index (χ1) is 15.7. The summed E-state index contributed by atoms with van der Waals surface area (Å²) >= 11 is 11.9. The Morgan fingerprint density at radius 3 is 2.30 bits per heavy atom. The molecule has 12 heteroatoms. The number of hydrogen-bond donors (Lipinski definition) is 3. The van der Waals surface area contributed by atoms with Crippen LogP contribution in [0.25, 0.3) is 0 Å². The summed E-state index contributed by atoms with van der Waals surface area (Å²) in [6, 6.07) is 6.16. The first-order valence-corrected chi connectivity index (χ1v) is 10.7. The highest BCUT2D eigenvalue weighted by Crippen LogP contribution is 2.26. The predicted octanol–water partition coefficient (Wildman–Crippen LogP) is 3.05. The number of carbonyl (C=O) groups is 3. The molecular weight excluding hydrogens is 479 g/mol. The standard InChI is InChI=1S/C21H21Cl2F2N5O3/c22-16-3-2-15(11-17(16)23)28-21(33)30-7-1-6-29(19(30)18(31)27-5-4-26)20(32)12-8-13(24)10-14(25)9-12/h2-3,8-11,19H,1,4-7,26H2,(H,27,31)(H,28,33). The molecule has 33 heavy (non-hydrogen) atoms. The average molecular weight is 500 g/mol. The van der Waals surface area contributed by atoms with Gasteiger partial charge in [-0.15, -0.1) is 0 Å². The summed E-state index contributed by atoms with van der Waals surface area (Å²) in [5.74, 6) is -3.33. The van der Waals surface area contributed by atoms with Gasteiger partial charge in [0, 0.05) is 43.5 Å². The summed E-state index contributed by atoms with van der Waals surface area (Å²) in [5, 5.41) is 5.69. The number of nitrogens with zero attached hydrogens (tertiary/aromatic N) is 2. The van der Waals surface area contributed by atoms with E-state index in [9.17, 15) is 23.2 Å². The van der Waals surface area contributed by atoms with Crippen molar-refractivity contribution in [1.82, 2.24) is 15.1 Å². The maximum Gasteiger partial charge on any atom is 0.323 e. The fourth-order valence-corrected chi connectivity index (χ4v) is 3.73. The Bertz CT molecular complexity index is 1050. The lowest BCUT2D eigenvalue weighted by Crippen LogP contribution is -2.64. The van der Waals surface area contributed by atoms with E-state index in [1.807, 2.05) is 0 Å². The van der Waals surface area contributed by atoms with Crippen LogP contribution in [0.1, 0.15) is 16.8 Å². The van der Waals surface area contributed by atoms with Crippen molar-refractivity contribution in [1.29, 1.82) is 0 Å². The quantitative estimate of drug-likeness (QED) is 0.587. The SMILES string of the molecule is NCCNC(=O)C1N(C(=O)Nc2ccc(Cl)c(Cl)c2)CCCN1C(=O)c1cc(F)cc(F)c1. The number of urea groups is 1. The van der Waals surface area contributed by atoms with E-state index in [0.29, 0.717) is 23.2 Å². The number of nitrogens with one attached hydrogen (secondary N) is 2.